The summed E-state index contributed by atoms with van der Waals surface area (Å²) in [4.78, 5) is 6.06. The smallest absolute Gasteiger partial charge is 0.129 e. The number of hydrogen-bond acceptors (Lipinski definition) is 3. The van der Waals surface area contributed by atoms with Crippen molar-refractivity contribution in [2.24, 2.45) is 0 Å². The van der Waals surface area contributed by atoms with E-state index in [1.54, 1.807) is 11.3 Å². The number of nitrogens with zero attached hydrogens (tertiary/aromatic N) is 1. The highest BCUT2D eigenvalue weighted by molar-refractivity contribution is 7.11. The number of hydrogen-bond donors (Lipinski definition) is 1. The highest BCUT2D eigenvalue weighted by Crippen LogP contribution is 2.34. The first kappa shape index (κ1) is 15.6. The van der Waals surface area contributed by atoms with Gasteiger partial charge in [-0.15, -0.1) is 11.3 Å². The molecule has 1 aromatic carbocycles. The Bertz CT molecular complexity index is 648. The molecule has 118 valence electrons. The molecule has 2 heterocycles. The number of thiazole rings is 1. The third kappa shape index (κ3) is 3.36. The molecule has 0 spiro atoms. The van der Waals surface area contributed by atoms with Gasteiger partial charge in [0, 0.05) is 17.4 Å². The summed E-state index contributed by atoms with van der Waals surface area (Å²) in [6.07, 6.45) is 3.62. The summed E-state index contributed by atoms with van der Waals surface area (Å²) in [6, 6.07) is 3.76. The molecule has 2 nitrogen and oxygen atoms in total. The van der Waals surface area contributed by atoms with Crippen LogP contribution in [0, 0.1) is 11.6 Å². The molecule has 1 N–H and O–H groups in total. The SMILES string of the molecule is CCc1nc(Cc2ccc(F)cc2F)sc1C1CCNCC1. The summed E-state index contributed by atoms with van der Waals surface area (Å²) < 4.78 is 26.8. The molecule has 5 heteroatoms. The van der Waals surface area contributed by atoms with Gasteiger partial charge in [-0.25, -0.2) is 13.8 Å². The van der Waals surface area contributed by atoms with Gasteiger partial charge in [0.2, 0.25) is 0 Å². The van der Waals surface area contributed by atoms with E-state index in [1.165, 1.54) is 17.0 Å². The van der Waals surface area contributed by atoms with Crippen LogP contribution in [0.1, 0.15) is 46.8 Å². The molecule has 2 aromatic rings. The zero-order valence-electron chi connectivity index (χ0n) is 12.7. The number of nitrogens with one attached hydrogen (secondary N) is 1. The minimum Gasteiger partial charge on any atom is -0.317 e. The van der Waals surface area contributed by atoms with E-state index in [0.29, 0.717) is 17.9 Å². The molecule has 0 atom stereocenters. The van der Waals surface area contributed by atoms with E-state index in [0.717, 1.165) is 49.1 Å². The first-order chi connectivity index (χ1) is 10.7. The van der Waals surface area contributed by atoms with Crippen LogP contribution < -0.4 is 5.32 Å². The fraction of sp³-hybridized carbons (Fsp3) is 0.471. The molecule has 0 aliphatic carbocycles. The first-order valence-corrected chi connectivity index (χ1v) is 8.62. The Labute approximate surface area is 133 Å². The lowest BCUT2D eigenvalue weighted by Gasteiger charge is -2.22. The van der Waals surface area contributed by atoms with Crippen molar-refractivity contribution < 1.29 is 8.78 Å². The molecule has 1 aliphatic rings. The van der Waals surface area contributed by atoms with Gasteiger partial charge in [0.15, 0.2) is 0 Å². The maximum atomic E-state index is 13.8. The molecule has 0 radical (unpaired) electrons. The van der Waals surface area contributed by atoms with Crippen molar-refractivity contribution in [2.75, 3.05) is 13.1 Å². The standard InChI is InChI=1S/C17H20F2N2S/c1-2-15-17(11-5-7-20-8-6-11)22-16(21-15)9-12-3-4-13(18)10-14(12)19/h3-4,10-11,20H,2,5-9H2,1H3. The largest absolute Gasteiger partial charge is 0.317 e. The van der Waals surface area contributed by atoms with Gasteiger partial charge in [-0.2, -0.15) is 0 Å². The van der Waals surface area contributed by atoms with Gasteiger partial charge in [0.05, 0.1) is 10.7 Å². The van der Waals surface area contributed by atoms with Crippen LogP contribution in [0.2, 0.25) is 0 Å². The van der Waals surface area contributed by atoms with Crippen molar-refractivity contribution in [1.82, 2.24) is 10.3 Å². The van der Waals surface area contributed by atoms with E-state index in [2.05, 4.69) is 12.2 Å². The Balaban J connectivity index is 1.83. The van der Waals surface area contributed by atoms with Crippen molar-refractivity contribution in [3.05, 3.63) is 51.0 Å². The molecule has 1 aliphatic heterocycles. The van der Waals surface area contributed by atoms with Gasteiger partial charge >= 0.3 is 0 Å². The maximum absolute atomic E-state index is 13.8. The predicted molar refractivity (Wildman–Crippen MR) is 85.5 cm³/mol. The van der Waals surface area contributed by atoms with Crippen LogP contribution in [0.15, 0.2) is 18.2 Å². The molecule has 0 bridgehead atoms. The van der Waals surface area contributed by atoms with Gasteiger partial charge in [0.1, 0.15) is 11.6 Å². The molecule has 1 fully saturated rings. The number of benzene rings is 1. The Morgan fingerprint density at radius 3 is 2.73 bits per heavy atom. The summed E-state index contributed by atoms with van der Waals surface area (Å²) in [7, 11) is 0. The van der Waals surface area contributed by atoms with Gasteiger partial charge in [0.25, 0.3) is 0 Å². The summed E-state index contributed by atoms with van der Waals surface area (Å²) in [5.74, 6) is -0.456. The van der Waals surface area contributed by atoms with Crippen LogP contribution in [-0.2, 0) is 12.8 Å². The average molecular weight is 322 g/mol. The fourth-order valence-electron chi connectivity index (χ4n) is 2.97. The van der Waals surface area contributed by atoms with E-state index in [1.807, 2.05) is 0 Å². The lowest BCUT2D eigenvalue weighted by Crippen LogP contribution is -2.26. The van der Waals surface area contributed by atoms with Crippen LogP contribution in [0.5, 0.6) is 0 Å². The van der Waals surface area contributed by atoms with Crippen molar-refractivity contribution in [2.45, 2.75) is 38.5 Å². The molecular formula is C17H20F2N2S. The lowest BCUT2D eigenvalue weighted by molar-refractivity contribution is 0.463. The highest BCUT2D eigenvalue weighted by atomic mass is 32.1. The second kappa shape index (κ2) is 6.84. The molecule has 22 heavy (non-hydrogen) atoms. The number of aromatic nitrogens is 1. The van der Waals surface area contributed by atoms with Crippen LogP contribution in [-0.4, -0.2) is 18.1 Å². The summed E-state index contributed by atoms with van der Waals surface area (Å²) in [6.45, 7) is 4.21. The van der Waals surface area contributed by atoms with Gasteiger partial charge in [-0.1, -0.05) is 13.0 Å². The summed E-state index contributed by atoms with van der Waals surface area (Å²) >= 11 is 1.70. The fourth-order valence-corrected chi connectivity index (χ4v) is 4.32. The van der Waals surface area contributed by atoms with Crippen LogP contribution in [0.3, 0.4) is 0 Å². The molecule has 0 saturated carbocycles. The molecule has 0 unspecified atom stereocenters. The van der Waals surface area contributed by atoms with E-state index in [-0.39, 0.29) is 0 Å². The second-order valence-electron chi connectivity index (χ2n) is 5.71. The monoisotopic (exact) mass is 322 g/mol. The van der Waals surface area contributed by atoms with E-state index >= 15 is 0 Å². The van der Waals surface area contributed by atoms with Crippen molar-refractivity contribution >= 4 is 11.3 Å². The number of aryl methyl sites for hydroxylation is 1. The minimum atomic E-state index is -0.537. The van der Waals surface area contributed by atoms with Crippen molar-refractivity contribution in [3.63, 3.8) is 0 Å². The zero-order valence-corrected chi connectivity index (χ0v) is 13.5. The Morgan fingerprint density at radius 2 is 2.05 bits per heavy atom. The molecule has 1 aromatic heterocycles. The third-order valence-corrected chi connectivity index (χ3v) is 5.43. The first-order valence-electron chi connectivity index (χ1n) is 7.80. The molecule has 0 amide bonds. The van der Waals surface area contributed by atoms with E-state index in [9.17, 15) is 8.78 Å². The maximum Gasteiger partial charge on any atom is 0.129 e. The topological polar surface area (TPSA) is 24.9 Å². The van der Waals surface area contributed by atoms with Gasteiger partial charge < -0.3 is 5.32 Å². The van der Waals surface area contributed by atoms with Crippen molar-refractivity contribution in [3.8, 4) is 0 Å². The minimum absolute atomic E-state index is 0.439. The van der Waals surface area contributed by atoms with Crippen LogP contribution >= 0.6 is 11.3 Å². The van der Waals surface area contributed by atoms with Crippen LogP contribution in [0.25, 0.3) is 0 Å². The Kier molecular flexibility index (Phi) is 4.84. The number of rotatable bonds is 4. The number of piperidine rings is 1. The lowest BCUT2D eigenvalue weighted by atomic mass is 9.95. The Morgan fingerprint density at radius 1 is 1.27 bits per heavy atom. The molecular weight excluding hydrogens is 302 g/mol. The predicted octanol–water partition coefficient (Wildman–Crippen LogP) is 4.04. The third-order valence-electron chi connectivity index (χ3n) is 4.17. The number of halogens is 2. The average Bonchev–Trinajstić information content (AvgIpc) is 2.94. The second-order valence-corrected chi connectivity index (χ2v) is 6.82. The van der Waals surface area contributed by atoms with E-state index < -0.39 is 11.6 Å². The van der Waals surface area contributed by atoms with Gasteiger partial charge in [-0.3, -0.25) is 0 Å². The molecule has 1 saturated heterocycles. The van der Waals surface area contributed by atoms with Gasteiger partial charge in [-0.05, 0) is 49.9 Å². The normalized spacial score (nSPS) is 16.1. The van der Waals surface area contributed by atoms with Crippen LogP contribution in [0.4, 0.5) is 8.78 Å². The zero-order chi connectivity index (χ0) is 15.5. The quantitative estimate of drug-likeness (QED) is 0.919. The Hall–Kier alpha value is -1.33. The summed E-state index contributed by atoms with van der Waals surface area (Å²) in [5, 5.41) is 4.31. The van der Waals surface area contributed by atoms with Crippen molar-refractivity contribution in [1.29, 1.82) is 0 Å². The summed E-state index contributed by atoms with van der Waals surface area (Å²) in [5.41, 5.74) is 1.66. The van der Waals surface area contributed by atoms with E-state index in [4.69, 9.17) is 4.98 Å². The highest BCUT2D eigenvalue weighted by Gasteiger charge is 2.22. The molecule has 3 rings (SSSR count).